The number of nitrogens with one attached hydrogen (secondary N) is 1. The molecule has 1 aromatic carbocycles. The first-order chi connectivity index (χ1) is 9.74. The molecule has 1 aliphatic carbocycles. The number of aliphatic hydroxyl groups is 1. The topological polar surface area (TPSA) is 49.3 Å². The van der Waals surface area contributed by atoms with Gasteiger partial charge in [0.15, 0.2) is 0 Å². The fraction of sp³-hybridized carbons (Fsp3) is 0.471. The molecular weight excluding hydrogens is 250 g/mol. The number of aryl methyl sites for hydroxylation is 1. The first-order valence-corrected chi connectivity index (χ1v) is 7.28. The smallest absolute Gasteiger partial charge is 0.227 e. The Morgan fingerprint density at radius 3 is 2.85 bits per heavy atom. The minimum atomic E-state index is 0.0865. The molecule has 1 saturated carbocycles. The summed E-state index contributed by atoms with van der Waals surface area (Å²) < 4.78 is 0. The molecular formula is C17H21NO2. The molecule has 0 aliphatic heterocycles. The van der Waals surface area contributed by atoms with Crippen LogP contribution < -0.4 is 5.32 Å². The Morgan fingerprint density at radius 2 is 2.25 bits per heavy atom. The molecule has 20 heavy (non-hydrogen) atoms. The first kappa shape index (κ1) is 14.6. The van der Waals surface area contributed by atoms with Crippen LogP contribution in [0.2, 0.25) is 0 Å². The number of amides is 1. The summed E-state index contributed by atoms with van der Waals surface area (Å²) in [5, 5.41) is 11.7. The van der Waals surface area contributed by atoms with Gasteiger partial charge in [-0.2, -0.15) is 0 Å². The lowest BCUT2D eigenvalue weighted by Gasteiger charge is -2.24. The fourth-order valence-electron chi connectivity index (χ4n) is 2.21. The van der Waals surface area contributed by atoms with Gasteiger partial charge in [0, 0.05) is 23.6 Å². The van der Waals surface area contributed by atoms with Crippen molar-refractivity contribution in [2.45, 2.75) is 39.0 Å². The van der Waals surface area contributed by atoms with Crippen molar-refractivity contribution < 1.29 is 9.90 Å². The van der Waals surface area contributed by atoms with Crippen molar-refractivity contribution in [1.82, 2.24) is 0 Å². The SMILES string of the molecule is CCc1cc(C#CCCO)ccc1NC(=O)C1CCC1. The number of anilines is 1. The van der Waals surface area contributed by atoms with Crippen LogP contribution in [0.15, 0.2) is 18.2 Å². The molecule has 0 saturated heterocycles. The molecule has 0 unspecified atom stereocenters. The van der Waals surface area contributed by atoms with Crippen molar-refractivity contribution in [3.8, 4) is 11.8 Å². The maximum absolute atomic E-state index is 12.0. The summed E-state index contributed by atoms with van der Waals surface area (Å²) in [5.74, 6) is 6.28. The minimum Gasteiger partial charge on any atom is -0.395 e. The number of hydrogen-bond donors (Lipinski definition) is 2. The molecule has 0 bridgehead atoms. The Morgan fingerprint density at radius 1 is 1.45 bits per heavy atom. The summed E-state index contributed by atoms with van der Waals surface area (Å²) in [4.78, 5) is 12.0. The van der Waals surface area contributed by atoms with Crippen LogP contribution in [0.3, 0.4) is 0 Å². The summed E-state index contributed by atoms with van der Waals surface area (Å²) in [5.41, 5.74) is 2.93. The Kier molecular flexibility index (Phi) is 5.20. The molecule has 0 aromatic heterocycles. The number of hydrogen-bond acceptors (Lipinski definition) is 2. The number of carbonyl (C=O) groups is 1. The highest BCUT2D eigenvalue weighted by molar-refractivity contribution is 5.93. The van der Waals surface area contributed by atoms with Crippen LogP contribution in [-0.2, 0) is 11.2 Å². The molecule has 0 atom stereocenters. The maximum atomic E-state index is 12.0. The highest BCUT2D eigenvalue weighted by Gasteiger charge is 2.25. The third-order valence-corrected chi connectivity index (χ3v) is 3.69. The van der Waals surface area contributed by atoms with E-state index in [-0.39, 0.29) is 18.4 Å². The highest BCUT2D eigenvalue weighted by atomic mass is 16.2. The Balaban J connectivity index is 2.09. The van der Waals surface area contributed by atoms with Gasteiger partial charge in [-0.3, -0.25) is 4.79 Å². The maximum Gasteiger partial charge on any atom is 0.227 e. The van der Waals surface area contributed by atoms with Crippen LogP contribution in [0.4, 0.5) is 5.69 Å². The van der Waals surface area contributed by atoms with Crippen LogP contribution in [-0.4, -0.2) is 17.6 Å². The zero-order valence-electron chi connectivity index (χ0n) is 11.9. The molecule has 1 aromatic rings. The van der Waals surface area contributed by atoms with Crippen LogP contribution in [0.5, 0.6) is 0 Å². The van der Waals surface area contributed by atoms with Crippen molar-refractivity contribution in [2.75, 3.05) is 11.9 Å². The van der Waals surface area contributed by atoms with E-state index in [0.29, 0.717) is 6.42 Å². The van der Waals surface area contributed by atoms with E-state index in [0.717, 1.165) is 42.5 Å². The van der Waals surface area contributed by atoms with Crippen molar-refractivity contribution in [2.24, 2.45) is 5.92 Å². The second-order valence-electron chi connectivity index (χ2n) is 5.12. The molecule has 1 aliphatic rings. The number of carbonyl (C=O) groups excluding carboxylic acids is 1. The van der Waals surface area contributed by atoms with E-state index >= 15 is 0 Å². The molecule has 0 spiro atoms. The first-order valence-electron chi connectivity index (χ1n) is 7.28. The summed E-state index contributed by atoms with van der Waals surface area (Å²) in [6, 6.07) is 5.86. The van der Waals surface area contributed by atoms with Gasteiger partial charge < -0.3 is 10.4 Å². The molecule has 1 fully saturated rings. The second-order valence-corrected chi connectivity index (χ2v) is 5.12. The fourth-order valence-corrected chi connectivity index (χ4v) is 2.21. The van der Waals surface area contributed by atoms with E-state index in [2.05, 4.69) is 24.1 Å². The van der Waals surface area contributed by atoms with E-state index in [4.69, 9.17) is 5.11 Å². The molecule has 0 heterocycles. The predicted molar refractivity (Wildman–Crippen MR) is 80.4 cm³/mol. The van der Waals surface area contributed by atoms with E-state index < -0.39 is 0 Å². The number of benzene rings is 1. The zero-order valence-corrected chi connectivity index (χ0v) is 11.9. The molecule has 1 amide bonds. The second kappa shape index (κ2) is 7.12. The van der Waals surface area contributed by atoms with Crippen molar-refractivity contribution in [1.29, 1.82) is 0 Å². The lowest BCUT2D eigenvalue weighted by Crippen LogP contribution is -2.28. The van der Waals surface area contributed by atoms with Gasteiger partial charge >= 0.3 is 0 Å². The lowest BCUT2D eigenvalue weighted by atomic mass is 9.84. The predicted octanol–water partition coefficient (Wildman–Crippen LogP) is 2.72. The van der Waals surface area contributed by atoms with Gasteiger partial charge in [0.2, 0.25) is 5.91 Å². The van der Waals surface area contributed by atoms with E-state index in [1.165, 1.54) is 0 Å². The van der Waals surface area contributed by atoms with Crippen LogP contribution in [0, 0.1) is 17.8 Å². The molecule has 106 valence electrons. The normalized spacial score (nSPS) is 14.1. The molecule has 3 heteroatoms. The monoisotopic (exact) mass is 271 g/mol. The average Bonchev–Trinajstić information content (AvgIpc) is 2.38. The zero-order chi connectivity index (χ0) is 14.4. The van der Waals surface area contributed by atoms with Crippen LogP contribution in [0.1, 0.15) is 43.7 Å². The quantitative estimate of drug-likeness (QED) is 0.827. The number of aliphatic hydroxyl groups excluding tert-OH is 1. The van der Waals surface area contributed by atoms with E-state index in [1.54, 1.807) is 0 Å². The summed E-state index contributed by atoms with van der Waals surface area (Å²) in [6.07, 6.45) is 4.53. The van der Waals surface area contributed by atoms with E-state index in [1.807, 2.05) is 18.2 Å². The summed E-state index contributed by atoms with van der Waals surface area (Å²) in [6.45, 7) is 2.16. The third-order valence-electron chi connectivity index (χ3n) is 3.69. The molecule has 3 nitrogen and oxygen atoms in total. The standard InChI is InChI=1S/C17H21NO2/c1-2-14-12-13(6-3-4-11-19)9-10-16(14)18-17(20)15-7-5-8-15/h9-10,12,15,19H,2,4-5,7-8,11H2,1H3,(H,18,20). The average molecular weight is 271 g/mol. The molecule has 2 N–H and O–H groups in total. The van der Waals surface area contributed by atoms with Gasteiger partial charge in [-0.15, -0.1) is 0 Å². The van der Waals surface area contributed by atoms with Gasteiger partial charge in [-0.25, -0.2) is 0 Å². The Hall–Kier alpha value is -1.79. The van der Waals surface area contributed by atoms with Crippen LogP contribution in [0.25, 0.3) is 0 Å². The van der Waals surface area contributed by atoms with Crippen molar-refractivity contribution in [3.05, 3.63) is 29.3 Å². The Labute approximate surface area is 120 Å². The van der Waals surface area contributed by atoms with Gasteiger partial charge in [-0.1, -0.05) is 25.2 Å². The summed E-state index contributed by atoms with van der Waals surface area (Å²) in [7, 11) is 0. The van der Waals surface area contributed by atoms with Crippen molar-refractivity contribution >= 4 is 11.6 Å². The van der Waals surface area contributed by atoms with Gasteiger partial charge in [0.25, 0.3) is 0 Å². The van der Waals surface area contributed by atoms with Crippen molar-refractivity contribution in [3.63, 3.8) is 0 Å². The van der Waals surface area contributed by atoms with Gasteiger partial charge in [0.1, 0.15) is 0 Å². The summed E-state index contributed by atoms with van der Waals surface area (Å²) >= 11 is 0. The Bertz CT molecular complexity index is 536. The third kappa shape index (κ3) is 3.61. The molecule has 0 radical (unpaired) electrons. The largest absolute Gasteiger partial charge is 0.395 e. The lowest BCUT2D eigenvalue weighted by molar-refractivity contribution is -0.122. The molecule has 2 rings (SSSR count). The van der Waals surface area contributed by atoms with E-state index in [9.17, 15) is 4.79 Å². The minimum absolute atomic E-state index is 0.0865. The van der Waals surface area contributed by atoms with Gasteiger partial charge in [-0.05, 0) is 43.0 Å². The highest BCUT2D eigenvalue weighted by Crippen LogP contribution is 2.28. The van der Waals surface area contributed by atoms with Crippen LogP contribution >= 0.6 is 0 Å². The van der Waals surface area contributed by atoms with Gasteiger partial charge in [0.05, 0.1) is 6.61 Å². The number of rotatable bonds is 4.